The van der Waals surface area contributed by atoms with Crippen molar-refractivity contribution in [1.82, 2.24) is 0 Å². The summed E-state index contributed by atoms with van der Waals surface area (Å²) in [5.41, 5.74) is 0. The van der Waals surface area contributed by atoms with Crippen LogP contribution in [-0.2, 0) is 18.6 Å². The molecule has 0 aliphatic carbocycles. The summed E-state index contributed by atoms with van der Waals surface area (Å²) in [6.45, 7) is 9.89. The second kappa shape index (κ2) is 9.96. The maximum Gasteiger partial charge on any atom is 0.328 e. The van der Waals surface area contributed by atoms with Gasteiger partial charge in [0.2, 0.25) is 0 Å². The molecule has 0 aromatic heterocycles. The zero-order valence-electron chi connectivity index (χ0n) is 13.7. The van der Waals surface area contributed by atoms with Gasteiger partial charge in [-0.2, -0.15) is 0 Å². The molecule has 0 rings (SSSR count). The molecule has 0 spiro atoms. The molecular weight excluding hydrogens is 278 g/mol. The molecule has 0 radical (unpaired) electrons. The summed E-state index contributed by atoms with van der Waals surface area (Å²) in [6.07, 6.45) is 1.13. The van der Waals surface area contributed by atoms with Crippen molar-refractivity contribution < 1.29 is 23.5 Å². The fraction of sp³-hybridized carbons (Fsp3) is 1.00. The summed E-state index contributed by atoms with van der Waals surface area (Å²) < 4.78 is 28.3. The van der Waals surface area contributed by atoms with E-state index in [1.54, 1.807) is 13.8 Å². The summed E-state index contributed by atoms with van der Waals surface area (Å²) in [5, 5.41) is 0. The Hall–Kier alpha value is 0.135. The zero-order chi connectivity index (χ0) is 15.8. The van der Waals surface area contributed by atoms with Crippen LogP contribution in [0, 0.1) is 0 Å². The average molecular weight is 308 g/mol. The maximum absolute atomic E-state index is 11.9. The molecule has 120 valence electrons. The molecule has 3 atom stereocenters. The van der Waals surface area contributed by atoms with Gasteiger partial charge in [0.05, 0.1) is 31.1 Å². The highest BCUT2D eigenvalue weighted by Gasteiger charge is 2.24. The minimum absolute atomic E-state index is 0.0910. The van der Waals surface area contributed by atoms with Crippen LogP contribution < -0.4 is 0 Å². The minimum Gasteiger partial charge on any atom is -0.382 e. The lowest BCUT2D eigenvalue weighted by Crippen LogP contribution is -2.28. The fourth-order valence-electron chi connectivity index (χ4n) is 1.60. The topological polar surface area (TPSA) is 65.0 Å². The third kappa shape index (κ3) is 10.9. The first-order valence-corrected chi connectivity index (χ1v) is 9.19. The van der Waals surface area contributed by atoms with E-state index in [0.717, 1.165) is 6.42 Å². The Bertz CT molecular complexity index is 298. The first-order valence-electron chi connectivity index (χ1n) is 7.43. The standard InChI is InChI=1S/C13H30BO5P/c1-6-13(14)18-12(9-17-10(2)3)7-8-20(15,16)19-11(4)5/h10-13H,6-9,14H2,1-5H3,(H,15,16)/t12-,13-/m1/s1. The van der Waals surface area contributed by atoms with Crippen molar-refractivity contribution in [3.05, 3.63) is 0 Å². The van der Waals surface area contributed by atoms with E-state index < -0.39 is 7.60 Å². The van der Waals surface area contributed by atoms with Gasteiger partial charge >= 0.3 is 7.60 Å². The molecule has 0 aliphatic rings. The molecule has 7 heteroatoms. The molecule has 0 bridgehead atoms. The summed E-state index contributed by atoms with van der Waals surface area (Å²) in [4.78, 5) is 9.74. The normalized spacial score (nSPS) is 18.2. The summed E-state index contributed by atoms with van der Waals surface area (Å²) in [6, 6.07) is 0.111. The largest absolute Gasteiger partial charge is 0.382 e. The number of rotatable bonds is 11. The van der Waals surface area contributed by atoms with Gasteiger partial charge in [0, 0.05) is 6.00 Å². The Kier molecular flexibility index (Phi) is 10.0. The highest BCUT2D eigenvalue weighted by atomic mass is 31.2. The lowest BCUT2D eigenvalue weighted by Gasteiger charge is -2.24. The van der Waals surface area contributed by atoms with Crippen LogP contribution in [0.25, 0.3) is 0 Å². The first-order chi connectivity index (χ1) is 9.16. The monoisotopic (exact) mass is 308 g/mol. The van der Waals surface area contributed by atoms with Crippen LogP contribution in [0.15, 0.2) is 0 Å². The van der Waals surface area contributed by atoms with E-state index in [4.69, 9.17) is 14.0 Å². The van der Waals surface area contributed by atoms with E-state index in [9.17, 15) is 9.46 Å². The fourth-order valence-corrected chi connectivity index (χ4v) is 2.98. The minimum atomic E-state index is -3.54. The Morgan fingerprint density at radius 3 is 2.25 bits per heavy atom. The molecule has 0 saturated heterocycles. The van der Waals surface area contributed by atoms with E-state index in [-0.39, 0.29) is 30.5 Å². The molecule has 0 fully saturated rings. The molecule has 0 amide bonds. The molecule has 0 heterocycles. The lowest BCUT2D eigenvalue weighted by molar-refractivity contribution is -0.0481. The molecule has 0 aromatic rings. The average Bonchev–Trinajstić information content (AvgIpc) is 2.30. The summed E-state index contributed by atoms with van der Waals surface area (Å²) in [5.74, 6) is 0. The van der Waals surface area contributed by atoms with Gasteiger partial charge in [-0.05, 0) is 40.5 Å². The van der Waals surface area contributed by atoms with E-state index in [1.807, 2.05) is 28.6 Å². The van der Waals surface area contributed by atoms with Gasteiger partial charge in [-0.3, -0.25) is 4.57 Å². The Balaban J connectivity index is 4.36. The third-order valence-electron chi connectivity index (χ3n) is 2.72. The van der Waals surface area contributed by atoms with Gasteiger partial charge in [-0.1, -0.05) is 6.92 Å². The lowest BCUT2D eigenvalue weighted by atomic mass is 9.97. The van der Waals surface area contributed by atoms with Crippen molar-refractivity contribution in [2.75, 3.05) is 12.8 Å². The predicted octanol–water partition coefficient (Wildman–Crippen LogP) is 2.17. The van der Waals surface area contributed by atoms with Gasteiger partial charge in [0.15, 0.2) is 0 Å². The Labute approximate surface area is 124 Å². The van der Waals surface area contributed by atoms with Crippen molar-refractivity contribution >= 4 is 15.4 Å². The second-order valence-corrected chi connectivity index (χ2v) is 7.60. The van der Waals surface area contributed by atoms with Crippen molar-refractivity contribution in [2.45, 2.75) is 71.8 Å². The molecule has 0 aliphatic heterocycles. The Morgan fingerprint density at radius 2 is 1.80 bits per heavy atom. The van der Waals surface area contributed by atoms with E-state index in [2.05, 4.69) is 0 Å². The van der Waals surface area contributed by atoms with Crippen molar-refractivity contribution in [3.8, 4) is 0 Å². The predicted molar refractivity (Wildman–Crippen MR) is 84.1 cm³/mol. The molecular formula is C13H30BO5P. The number of ether oxygens (including phenoxy) is 2. The number of hydrogen-bond acceptors (Lipinski definition) is 4. The smallest absolute Gasteiger partial charge is 0.328 e. The summed E-state index contributed by atoms with van der Waals surface area (Å²) >= 11 is 0. The number of hydrogen-bond donors (Lipinski definition) is 1. The molecule has 1 N–H and O–H groups in total. The highest BCUT2D eigenvalue weighted by molar-refractivity contribution is 7.52. The maximum atomic E-state index is 11.9. The second-order valence-electron chi connectivity index (χ2n) is 5.66. The highest BCUT2D eigenvalue weighted by Crippen LogP contribution is 2.44. The van der Waals surface area contributed by atoms with E-state index in [1.165, 1.54) is 0 Å². The molecule has 0 saturated carbocycles. The molecule has 5 nitrogen and oxygen atoms in total. The van der Waals surface area contributed by atoms with Gasteiger partial charge in [-0.15, -0.1) is 0 Å². The van der Waals surface area contributed by atoms with Crippen molar-refractivity contribution in [2.24, 2.45) is 0 Å². The van der Waals surface area contributed by atoms with Crippen LogP contribution in [0.1, 0.15) is 47.5 Å². The quantitative estimate of drug-likeness (QED) is 0.468. The van der Waals surface area contributed by atoms with E-state index >= 15 is 0 Å². The SMILES string of the molecule is B[C@@H](CC)O[C@H](CCP(=O)(O)OC(C)C)COC(C)C. The Morgan fingerprint density at radius 1 is 1.20 bits per heavy atom. The van der Waals surface area contributed by atoms with Crippen LogP contribution >= 0.6 is 7.60 Å². The zero-order valence-corrected chi connectivity index (χ0v) is 14.6. The van der Waals surface area contributed by atoms with Crippen LogP contribution in [0.4, 0.5) is 0 Å². The van der Waals surface area contributed by atoms with Gasteiger partial charge in [0.1, 0.15) is 7.85 Å². The van der Waals surface area contributed by atoms with Crippen LogP contribution in [-0.4, -0.2) is 49.8 Å². The van der Waals surface area contributed by atoms with Crippen molar-refractivity contribution in [1.29, 1.82) is 0 Å². The third-order valence-corrected chi connectivity index (χ3v) is 4.30. The van der Waals surface area contributed by atoms with Crippen LogP contribution in [0.2, 0.25) is 0 Å². The molecule has 1 unspecified atom stereocenters. The van der Waals surface area contributed by atoms with Gasteiger partial charge in [0.25, 0.3) is 0 Å². The molecule has 20 heavy (non-hydrogen) atoms. The first kappa shape index (κ1) is 20.1. The van der Waals surface area contributed by atoms with Crippen LogP contribution in [0.5, 0.6) is 0 Å². The van der Waals surface area contributed by atoms with Crippen LogP contribution in [0.3, 0.4) is 0 Å². The van der Waals surface area contributed by atoms with Gasteiger partial charge in [-0.25, -0.2) is 0 Å². The molecule has 0 aromatic carbocycles. The van der Waals surface area contributed by atoms with Gasteiger partial charge < -0.3 is 18.9 Å². The summed E-state index contributed by atoms with van der Waals surface area (Å²) in [7, 11) is -1.55. The van der Waals surface area contributed by atoms with Crippen molar-refractivity contribution in [3.63, 3.8) is 0 Å². The van der Waals surface area contributed by atoms with E-state index in [0.29, 0.717) is 13.0 Å².